The third-order valence-electron chi connectivity index (χ3n) is 0.999. The lowest BCUT2D eigenvalue weighted by molar-refractivity contribution is 0.585. The first-order chi connectivity index (χ1) is 5.06. The second-order valence-electron chi connectivity index (χ2n) is 1.65. The summed E-state index contributed by atoms with van der Waals surface area (Å²) in [6, 6.07) is 0. The van der Waals surface area contributed by atoms with E-state index in [1.165, 1.54) is 12.4 Å². The van der Waals surface area contributed by atoms with Crippen molar-refractivity contribution in [1.29, 1.82) is 0 Å². The molecule has 1 N–H and O–H groups in total. The Morgan fingerprint density at radius 2 is 2.36 bits per heavy atom. The molecule has 1 heterocycles. The third-order valence-corrected chi connectivity index (χ3v) is 3.42. The Bertz CT molecular complexity index is 345. The number of halogens is 1. The van der Waals surface area contributed by atoms with Crippen LogP contribution in [-0.4, -0.2) is 20.4 Å². The van der Waals surface area contributed by atoms with Crippen molar-refractivity contribution in [3.05, 3.63) is 9.85 Å². The first-order valence-electron chi connectivity index (χ1n) is 2.61. The molecule has 0 amide bonds. The van der Waals surface area contributed by atoms with Gasteiger partial charge >= 0.3 is 0 Å². The van der Waals surface area contributed by atoms with E-state index in [1.54, 1.807) is 0 Å². The lowest BCUT2D eigenvalue weighted by Gasteiger charge is -1.94. The van der Waals surface area contributed by atoms with Crippen LogP contribution in [0.15, 0.2) is 10.4 Å². The molecule has 0 saturated carbocycles. The molecule has 4 nitrogen and oxygen atoms in total. The van der Waals surface area contributed by atoms with Crippen LogP contribution in [0.4, 0.5) is 0 Å². The number of nitrogens with zero attached hydrogens (tertiary/aromatic N) is 1. The van der Waals surface area contributed by atoms with Gasteiger partial charge in [-0.15, -0.1) is 11.3 Å². The van der Waals surface area contributed by atoms with Gasteiger partial charge in [-0.2, -0.15) is 0 Å². The number of hydrogen-bond acceptors (Lipinski definition) is 4. The molecular weight excluding hydrogens is 208 g/mol. The topological polar surface area (TPSA) is 59.1 Å². The van der Waals surface area contributed by atoms with Crippen LogP contribution in [0.1, 0.15) is 0 Å². The summed E-state index contributed by atoms with van der Waals surface area (Å²) in [5, 5.41) is 1.35. The van der Waals surface area contributed by atoms with E-state index in [2.05, 4.69) is 9.71 Å². The summed E-state index contributed by atoms with van der Waals surface area (Å²) >= 11 is 6.52. The molecule has 11 heavy (non-hydrogen) atoms. The lowest BCUT2D eigenvalue weighted by Crippen LogP contribution is -2.18. The largest absolute Gasteiger partial charge is 0.258 e. The van der Waals surface area contributed by atoms with Crippen LogP contribution >= 0.6 is 22.9 Å². The van der Waals surface area contributed by atoms with E-state index in [4.69, 9.17) is 11.6 Å². The Balaban J connectivity index is 3.13. The van der Waals surface area contributed by atoms with Crippen LogP contribution in [0.2, 0.25) is 4.47 Å². The molecule has 0 aromatic carbocycles. The van der Waals surface area contributed by atoms with Crippen molar-refractivity contribution >= 4 is 33.0 Å². The highest BCUT2D eigenvalue weighted by Gasteiger charge is 2.14. The number of thiazole rings is 1. The van der Waals surface area contributed by atoms with Crippen molar-refractivity contribution in [2.75, 3.05) is 7.05 Å². The maximum atomic E-state index is 11.0. The molecule has 0 aliphatic heterocycles. The third kappa shape index (κ3) is 1.90. The van der Waals surface area contributed by atoms with Crippen molar-refractivity contribution in [1.82, 2.24) is 9.71 Å². The fourth-order valence-corrected chi connectivity index (χ4v) is 2.27. The second kappa shape index (κ2) is 3.06. The van der Waals surface area contributed by atoms with E-state index in [-0.39, 0.29) is 9.49 Å². The van der Waals surface area contributed by atoms with Crippen LogP contribution in [0, 0.1) is 0 Å². The van der Waals surface area contributed by atoms with Gasteiger partial charge in [0.25, 0.3) is 10.0 Å². The maximum absolute atomic E-state index is 11.0. The van der Waals surface area contributed by atoms with Crippen molar-refractivity contribution in [2.45, 2.75) is 5.03 Å². The van der Waals surface area contributed by atoms with Crippen molar-refractivity contribution in [3.8, 4) is 0 Å². The molecule has 0 saturated heterocycles. The van der Waals surface area contributed by atoms with E-state index in [1.807, 2.05) is 0 Å². The Labute approximate surface area is 73.3 Å². The van der Waals surface area contributed by atoms with E-state index < -0.39 is 10.0 Å². The average Bonchev–Trinajstić information content (AvgIpc) is 2.36. The number of sulfonamides is 1. The molecule has 7 heteroatoms. The van der Waals surface area contributed by atoms with Gasteiger partial charge in [-0.05, 0) is 7.05 Å². The molecule has 0 atom stereocenters. The summed E-state index contributed by atoms with van der Waals surface area (Å²) in [5.74, 6) is 0. The van der Waals surface area contributed by atoms with E-state index >= 15 is 0 Å². The molecule has 0 unspecified atom stereocenters. The monoisotopic (exact) mass is 212 g/mol. The SMILES string of the molecule is CNS(=O)(=O)c1csc(Cl)n1. The minimum Gasteiger partial charge on any atom is -0.213 e. The van der Waals surface area contributed by atoms with Crippen LogP contribution in [0.3, 0.4) is 0 Å². The molecule has 62 valence electrons. The van der Waals surface area contributed by atoms with Crippen LogP contribution in [0.5, 0.6) is 0 Å². The maximum Gasteiger partial charge on any atom is 0.258 e. The van der Waals surface area contributed by atoms with E-state index in [9.17, 15) is 8.42 Å². The molecule has 0 radical (unpaired) electrons. The summed E-state index contributed by atoms with van der Waals surface area (Å²) in [6.07, 6.45) is 0. The molecule has 0 fully saturated rings. The molecule has 0 bridgehead atoms. The second-order valence-corrected chi connectivity index (χ2v) is 4.92. The average molecular weight is 213 g/mol. The summed E-state index contributed by atoms with van der Waals surface area (Å²) in [7, 11) is -2.09. The van der Waals surface area contributed by atoms with Crippen molar-refractivity contribution < 1.29 is 8.42 Å². The summed E-state index contributed by atoms with van der Waals surface area (Å²) in [5.41, 5.74) is 0. The van der Waals surface area contributed by atoms with Gasteiger partial charge in [0.05, 0.1) is 0 Å². The molecule has 1 rings (SSSR count). The van der Waals surface area contributed by atoms with Crippen LogP contribution < -0.4 is 4.72 Å². The van der Waals surface area contributed by atoms with E-state index in [0.717, 1.165) is 11.3 Å². The summed E-state index contributed by atoms with van der Waals surface area (Å²) in [6.45, 7) is 0. The number of rotatable bonds is 2. The molecular formula is C4H5ClN2O2S2. The number of nitrogens with one attached hydrogen (secondary N) is 1. The van der Waals surface area contributed by atoms with Crippen molar-refractivity contribution in [3.63, 3.8) is 0 Å². The molecule has 1 aromatic rings. The van der Waals surface area contributed by atoms with Crippen molar-refractivity contribution in [2.24, 2.45) is 0 Å². The molecule has 0 aliphatic rings. The van der Waals surface area contributed by atoms with Gasteiger partial charge in [0.15, 0.2) is 9.49 Å². The minimum absolute atomic E-state index is 0.0324. The Morgan fingerprint density at radius 3 is 2.73 bits per heavy atom. The minimum atomic E-state index is -3.41. The highest BCUT2D eigenvalue weighted by molar-refractivity contribution is 7.89. The zero-order chi connectivity index (χ0) is 8.48. The Kier molecular flexibility index (Phi) is 2.48. The quantitative estimate of drug-likeness (QED) is 0.786. The van der Waals surface area contributed by atoms with Gasteiger partial charge in [-0.3, -0.25) is 0 Å². The first-order valence-corrected chi connectivity index (χ1v) is 5.35. The van der Waals surface area contributed by atoms with Gasteiger partial charge in [-0.25, -0.2) is 18.1 Å². The fraction of sp³-hybridized carbons (Fsp3) is 0.250. The van der Waals surface area contributed by atoms with Gasteiger partial charge in [0.1, 0.15) is 0 Å². The fourth-order valence-electron chi connectivity index (χ4n) is 0.466. The van der Waals surface area contributed by atoms with E-state index in [0.29, 0.717) is 0 Å². The Hall–Kier alpha value is -0.170. The zero-order valence-electron chi connectivity index (χ0n) is 5.54. The first kappa shape index (κ1) is 8.92. The van der Waals surface area contributed by atoms with Gasteiger partial charge in [-0.1, -0.05) is 11.6 Å². The zero-order valence-corrected chi connectivity index (χ0v) is 7.92. The van der Waals surface area contributed by atoms with Gasteiger partial charge < -0.3 is 0 Å². The van der Waals surface area contributed by atoms with Gasteiger partial charge in [0.2, 0.25) is 0 Å². The van der Waals surface area contributed by atoms with Crippen LogP contribution in [-0.2, 0) is 10.0 Å². The molecule has 0 aliphatic carbocycles. The lowest BCUT2D eigenvalue weighted by atomic mass is 11.0. The number of hydrogen-bond donors (Lipinski definition) is 1. The predicted molar refractivity (Wildman–Crippen MR) is 43.4 cm³/mol. The predicted octanol–water partition coefficient (Wildman–Crippen LogP) is 0.705. The highest BCUT2D eigenvalue weighted by atomic mass is 35.5. The van der Waals surface area contributed by atoms with Gasteiger partial charge in [0, 0.05) is 5.38 Å². The normalized spacial score (nSPS) is 11.8. The standard InChI is InChI=1S/C4H5ClN2O2S2/c1-6-11(8,9)3-2-10-4(5)7-3/h2,6H,1H3. The summed E-state index contributed by atoms with van der Waals surface area (Å²) < 4.78 is 24.3. The molecule has 0 spiro atoms. The summed E-state index contributed by atoms with van der Waals surface area (Å²) in [4.78, 5) is 3.59. The molecule has 1 aromatic heterocycles. The smallest absolute Gasteiger partial charge is 0.213 e. The Morgan fingerprint density at radius 1 is 1.73 bits per heavy atom. The number of aromatic nitrogens is 1. The van der Waals surface area contributed by atoms with Crippen LogP contribution in [0.25, 0.3) is 0 Å². The highest BCUT2D eigenvalue weighted by Crippen LogP contribution is 2.17.